The summed E-state index contributed by atoms with van der Waals surface area (Å²) in [5, 5.41) is 1.01. The highest BCUT2D eigenvalue weighted by atomic mass is 32.3. The van der Waals surface area contributed by atoms with Crippen LogP contribution in [0.15, 0.2) is 42.7 Å². The summed E-state index contributed by atoms with van der Waals surface area (Å²) in [6.07, 6.45) is 15.3. The summed E-state index contributed by atoms with van der Waals surface area (Å²) in [4.78, 5) is 17.4. The molecule has 0 radical (unpaired) electrons. The number of likely N-dealkylation sites (tertiary alicyclic amines) is 1. The molecule has 1 aliphatic rings. The molecule has 2 aromatic heterocycles. The van der Waals surface area contributed by atoms with Crippen LogP contribution in [-0.2, 0) is 16.3 Å². The van der Waals surface area contributed by atoms with Gasteiger partial charge in [0.2, 0.25) is 6.41 Å². The molecule has 3 aromatic rings. The van der Waals surface area contributed by atoms with E-state index in [4.69, 9.17) is 9.47 Å². The van der Waals surface area contributed by atoms with E-state index in [-0.39, 0.29) is 0 Å². The predicted molar refractivity (Wildman–Crippen MR) is 139 cm³/mol. The molecule has 6 nitrogen and oxygen atoms in total. The van der Waals surface area contributed by atoms with Crippen molar-refractivity contribution in [1.82, 2.24) is 14.5 Å². The fraction of sp³-hybridized carbons (Fsp3) is 0.462. The number of ether oxygens (including phenoxy) is 2. The Hall–Kier alpha value is -2.51. The van der Waals surface area contributed by atoms with Crippen LogP contribution in [0.25, 0.3) is 11.0 Å². The number of carbonyl (C=O) groups excluding carboxylic acids is 1. The predicted octanol–water partition coefficient (Wildman–Crippen LogP) is 4.65. The van der Waals surface area contributed by atoms with Gasteiger partial charge in [0.1, 0.15) is 23.9 Å². The minimum atomic E-state index is -1.56. The lowest BCUT2D eigenvalue weighted by atomic mass is 9.98. The van der Waals surface area contributed by atoms with E-state index < -0.39 is 9.16 Å². The van der Waals surface area contributed by atoms with Crippen LogP contribution in [0.2, 0.25) is 0 Å². The Morgan fingerprint density at radius 2 is 1.91 bits per heavy atom. The molecule has 4 rings (SSSR count). The molecule has 0 bridgehead atoms. The standard InChI is InChI=1S/C26H37N3O3S/c1-20-16-29(19-31-14-15-33(2,3,4)5)26-25(20)24(10-12-27-26)32-23-8-6-21(7-9-23)22-11-13-28(17-22)18-30/h6-10,12,16,18,22,33H,11,13-15,17,19H2,1-5H3. The lowest BCUT2D eigenvalue weighted by molar-refractivity contribution is -0.117. The highest BCUT2D eigenvalue weighted by molar-refractivity contribution is 8.47. The quantitative estimate of drug-likeness (QED) is 0.280. The van der Waals surface area contributed by atoms with Gasteiger partial charge < -0.3 is 18.9 Å². The van der Waals surface area contributed by atoms with E-state index in [0.29, 0.717) is 12.6 Å². The molecule has 1 saturated heterocycles. The molecule has 1 unspecified atom stereocenters. The van der Waals surface area contributed by atoms with E-state index in [1.54, 1.807) is 6.20 Å². The molecular weight excluding hydrogens is 434 g/mol. The molecule has 1 atom stereocenters. The zero-order valence-corrected chi connectivity index (χ0v) is 21.3. The van der Waals surface area contributed by atoms with Gasteiger partial charge in [-0.1, -0.05) is 12.1 Å². The first-order valence-corrected chi connectivity index (χ1v) is 15.8. The first-order chi connectivity index (χ1) is 15.6. The van der Waals surface area contributed by atoms with Crippen molar-refractivity contribution in [2.45, 2.75) is 26.0 Å². The number of aryl methyl sites for hydroxylation is 1. The number of rotatable bonds is 9. The SMILES string of the molecule is Cc1cn(COCC[SH](C)(C)(C)C)c2nccc(Oc3ccc(C4CCN(C=O)C4)cc3)c12. The Bertz CT molecular complexity index is 1120. The van der Waals surface area contributed by atoms with Crippen LogP contribution in [0.5, 0.6) is 11.5 Å². The zero-order valence-electron chi connectivity index (χ0n) is 20.5. The summed E-state index contributed by atoms with van der Waals surface area (Å²) in [7, 11) is -1.56. The van der Waals surface area contributed by atoms with Gasteiger partial charge in [0.05, 0.1) is 12.0 Å². The van der Waals surface area contributed by atoms with Gasteiger partial charge in [0, 0.05) is 31.4 Å². The van der Waals surface area contributed by atoms with Crippen molar-refractivity contribution in [3.63, 3.8) is 0 Å². The van der Waals surface area contributed by atoms with Crippen molar-refractivity contribution in [3.8, 4) is 11.5 Å². The summed E-state index contributed by atoms with van der Waals surface area (Å²) in [6, 6.07) is 10.2. The third-order valence-corrected chi connectivity index (χ3v) is 8.19. The number of hydrogen-bond donors (Lipinski definition) is 1. The van der Waals surface area contributed by atoms with E-state index in [1.165, 1.54) is 5.56 Å². The summed E-state index contributed by atoms with van der Waals surface area (Å²) in [5.74, 6) is 3.10. The lowest BCUT2D eigenvalue weighted by Gasteiger charge is -2.46. The monoisotopic (exact) mass is 471 g/mol. The van der Waals surface area contributed by atoms with Crippen molar-refractivity contribution in [3.05, 3.63) is 53.9 Å². The largest absolute Gasteiger partial charge is 0.457 e. The number of fused-ring (bicyclic) bond motifs is 1. The first kappa shape index (κ1) is 23.6. The third-order valence-electron chi connectivity index (χ3n) is 6.22. The van der Waals surface area contributed by atoms with Crippen LogP contribution < -0.4 is 4.74 Å². The topological polar surface area (TPSA) is 56.6 Å². The maximum atomic E-state index is 11.0. The van der Waals surface area contributed by atoms with Crippen molar-refractivity contribution >= 4 is 26.6 Å². The van der Waals surface area contributed by atoms with Gasteiger partial charge >= 0.3 is 0 Å². The second-order valence-electron chi connectivity index (χ2n) is 11.3. The minimum absolute atomic E-state index is 0.400. The van der Waals surface area contributed by atoms with Gasteiger partial charge in [-0.2, -0.15) is 0 Å². The minimum Gasteiger partial charge on any atom is -0.457 e. The fourth-order valence-corrected chi connectivity index (χ4v) is 5.11. The summed E-state index contributed by atoms with van der Waals surface area (Å²) in [5.41, 5.74) is 3.24. The molecule has 0 spiro atoms. The second-order valence-corrected chi connectivity index (χ2v) is 19.6. The number of pyridine rings is 1. The Morgan fingerprint density at radius 1 is 1.15 bits per heavy atom. The van der Waals surface area contributed by atoms with Gasteiger partial charge in [-0.25, -0.2) is 4.98 Å². The Balaban J connectivity index is 1.46. The lowest BCUT2D eigenvalue weighted by Crippen LogP contribution is -2.19. The molecule has 0 saturated carbocycles. The number of nitrogens with zero attached hydrogens (tertiary/aromatic N) is 3. The average Bonchev–Trinajstić information content (AvgIpc) is 3.36. The summed E-state index contributed by atoms with van der Waals surface area (Å²) < 4.78 is 14.3. The molecular formula is C26H37N3O3S. The van der Waals surface area contributed by atoms with E-state index in [2.05, 4.69) is 59.8 Å². The average molecular weight is 472 g/mol. The summed E-state index contributed by atoms with van der Waals surface area (Å²) in [6.45, 7) is 4.95. The van der Waals surface area contributed by atoms with Gasteiger partial charge in [0.25, 0.3) is 0 Å². The van der Waals surface area contributed by atoms with Crippen LogP contribution in [-0.4, -0.2) is 71.3 Å². The first-order valence-electron chi connectivity index (χ1n) is 11.6. The molecule has 0 aliphatic carbocycles. The number of hydrogen-bond acceptors (Lipinski definition) is 4. The number of carbonyl (C=O) groups is 1. The van der Waals surface area contributed by atoms with Crippen LogP contribution in [0.3, 0.4) is 0 Å². The Kier molecular flexibility index (Phi) is 6.47. The van der Waals surface area contributed by atoms with Crippen molar-refractivity contribution in [1.29, 1.82) is 0 Å². The molecule has 180 valence electrons. The van der Waals surface area contributed by atoms with Gasteiger partial charge in [0.15, 0.2) is 0 Å². The van der Waals surface area contributed by atoms with Crippen molar-refractivity contribution in [2.75, 3.05) is 50.5 Å². The maximum absolute atomic E-state index is 11.0. The Labute approximate surface area is 197 Å². The van der Waals surface area contributed by atoms with Crippen LogP contribution >= 0.6 is 9.16 Å². The van der Waals surface area contributed by atoms with Crippen LogP contribution in [0, 0.1) is 6.92 Å². The van der Waals surface area contributed by atoms with Gasteiger partial charge in [-0.15, -0.1) is 0 Å². The van der Waals surface area contributed by atoms with Gasteiger partial charge in [-0.3, -0.25) is 14.0 Å². The van der Waals surface area contributed by atoms with E-state index in [1.807, 2.05) is 23.1 Å². The number of thiol groups is 1. The maximum Gasteiger partial charge on any atom is 0.209 e. The molecule has 3 heterocycles. The highest BCUT2D eigenvalue weighted by Gasteiger charge is 2.23. The smallest absolute Gasteiger partial charge is 0.209 e. The number of aromatic nitrogens is 2. The molecule has 33 heavy (non-hydrogen) atoms. The van der Waals surface area contributed by atoms with Crippen LogP contribution in [0.4, 0.5) is 0 Å². The molecule has 1 aromatic carbocycles. The van der Waals surface area contributed by atoms with Gasteiger partial charge in [-0.05, 0) is 73.4 Å². The summed E-state index contributed by atoms with van der Waals surface area (Å²) >= 11 is 0. The fourth-order valence-electron chi connectivity index (χ4n) is 4.25. The molecule has 7 heteroatoms. The van der Waals surface area contributed by atoms with E-state index in [0.717, 1.165) is 66.4 Å². The van der Waals surface area contributed by atoms with Crippen molar-refractivity contribution in [2.24, 2.45) is 0 Å². The zero-order chi connectivity index (χ0) is 23.7. The number of benzene rings is 1. The highest BCUT2D eigenvalue weighted by Crippen LogP contribution is 2.54. The number of amides is 1. The molecule has 1 fully saturated rings. The van der Waals surface area contributed by atoms with Crippen LogP contribution in [0.1, 0.15) is 23.5 Å². The van der Waals surface area contributed by atoms with E-state index in [9.17, 15) is 4.79 Å². The third kappa shape index (κ3) is 5.89. The molecule has 1 amide bonds. The second kappa shape index (κ2) is 9.03. The van der Waals surface area contributed by atoms with E-state index >= 15 is 0 Å². The molecule has 0 N–H and O–H groups in total. The van der Waals surface area contributed by atoms with Crippen molar-refractivity contribution < 1.29 is 14.3 Å². The molecule has 1 aliphatic heterocycles. The normalized spacial score (nSPS) is 17.8. The Morgan fingerprint density at radius 3 is 2.58 bits per heavy atom.